The fourth-order valence-electron chi connectivity index (χ4n) is 3.18. The Bertz CT molecular complexity index is 835. The van der Waals surface area contributed by atoms with E-state index >= 15 is 0 Å². The number of carboxylic acid groups (broad SMARTS) is 1. The molecule has 0 aliphatic carbocycles. The lowest BCUT2D eigenvalue weighted by Crippen LogP contribution is -2.28. The van der Waals surface area contributed by atoms with Gasteiger partial charge in [-0.2, -0.15) is 0 Å². The summed E-state index contributed by atoms with van der Waals surface area (Å²) in [6.07, 6.45) is 0.775. The van der Waals surface area contributed by atoms with Crippen molar-refractivity contribution in [1.29, 1.82) is 0 Å². The predicted molar refractivity (Wildman–Crippen MR) is 106 cm³/mol. The van der Waals surface area contributed by atoms with Crippen molar-refractivity contribution >= 4 is 11.9 Å². The van der Waals surface area contributed by atoms with Crippen LogP contribution in [0.2, 0.25) is 0 Å². The number of hydrogen-bond donors (Lipinski definition) is 1. The first-order valence-corrected chi connectivity index (χ1v) is 9.54. The van der Waals surface area contributed by atoms with Gasteiger partial charge in [0.25, 0.3) is 0 Å². The molecule has 0 radical (unpaired) electrons. The Hall–Kier alpha value is -3.22. The van der Waals surface area contributed by atoms with Gasteiger partial charge in [-0.05, 0) is 36.2 Å². The molecule has 29 heavy (non-hydrogen) atoms. The molecular weight excluding hydrogens is 374 g/mol. The van der Waals surface area contributed by atoms with E-state index in [2.05, 4.69) is 0 Å². The van der Waals surface area contributed by atoms with E-state index in [4.69, 9.17) is 19.3 Å². The Kier molecular flexibility index (Phi) is 6.94. The minimum atomic E-state index is -0.905. The average molecular weight is 399 g/mol. The van der Waals surface area contributed by atoms with Crippen LogP contribution in [-0.4, -0.2) is 55.3 Å². The summed E-state index contributed by atoms with van der Waals surface area (Å²) in [6, 6.07) is 15.1. The van der Waals surface area contributed by atoms with Crippen molar-refractivity contribution in [2.75, 3.05) is 33.4 Å². The van der Waals surface area contributed by atoms with Crippen molar-refractivity contribution in [1.82, 2.24) is 4.90 Å². The molecule has 1 amide bonds. The Labute approximate surface area is 169 Å². The number of carbonyl (C=O) groups is 2. The second-order valence-electron chi connectivity index (χ2n) is 6.85. The van der Waals surface area contributed by atoms with Gasteiger partial charge in [0.1, 0.15) is 30.5 Å². The van der Waals surface area contributed by atoms with E-state index in [9.17, 15) is 9.59 Å². The van der Waals surface area contributed by atoms with Crippen LogP contribution in [0.4, 0.5) is 0 Å². The lowest BCUT2D eigenvalue weighted by Gasteiger charge is -2.16. The van der Waals surface area contributed by atoms with Gasteiger partial charge in [-0.15, -0.1) is 0 Å². The van der Waals surface area contributed by atoms with Gasteiger partial charge in [0, 0.05) is 25.6 Å². The SMILES string of the molecule is COc1cccc(OCCOc2ccc(CCN3CC(C(=O)O)CC3=O)cc2)c1. The van der Waals surface area contributed by atoms with Crippen molar-refractivity contribution in [3.05, 3.63) is 54.1 Å². The molecule has 1 aliphatic rings. The highest BCUT2D eigenvalue weighted by molar-refractivity contribution is 5.86. The fourth-order valence-corrected chi connectivity index (χ4v) is 3.18. The molecule has 2 aromatic rings. The van der Waals surface area contributed by atoms with Crippen molar-refractivity contribution in [2.45, 2.75) is 12.8 Å². The van der Waals surface area contributed by atoms with E-state index in [-0.39, 0.29) is 12.3 Å². The molecule has 0 saturated carbocycles. The summed E-state index contributed by atoms with van der Waals surface area (Å²) in [5.41, 5.74) is 1.07. The number of carboxylic acids is 1. The maximum Gasteiger partial charge on any atom is 0.308 e. The molecule has 1 unspecified atom stereocenters. The Morgan fingerprint density at radius 3 is 2.41 bits per heavy atom. The number of benzene rings is 2. The first-order valence-electron chi connectivity index (χ1n) is 9.54. The highest BCUT2D eigenvalue weighted by Crippen LogP contribution is 2.20. The number of rotatable bonds is 10. The summed E-state index contributed by atoms with van der Waals surface area (Å²) < 4.78 is 16.5. The average Bonchev–Trinajstić information content (AvgIpc) is 3.11. The molecule has 154 valence electrons. The van der Waals surface area contributed by atoms with Crippen molar-refractivity contribution in [2.24, 2.45) is 5.92 Å². The molecule has 0 spiro atoms. The third-order valence-electron chi connectivity index (χ3n) is 4.82. The van der Waals surface area contributed by atoms with Crippen LogP contribution < -0.4 is 14.2 Å². The van der Waals surface area contributed by atoms with Gasteiger partial charge in [-0.1, -0.05) is 18.2 Å². The molecule has 0 aromatic heterocycles. The Balaban J connectivity index is 1.38. The summed E-state index contributed by atoms with van der Waals surface area (Å²) in [4.78, 5) is 24.5. The Morgan fingerprint density at radius 1 is 1.07 bits per heavy atom. The van der Waals surface area contributed by atoms with Crippen molar-refractivity contribution in [3.63, 3.8) is 0 Å². The van der Waals surface area contributed by atoms with Crippen LogP contribution in [0.3, 0.4) is 0 Å². The minimum absolute atomic E-state index is 0.0895. The van der Waals surface area contributed by atoms with Crippen LogP contribution in [0.15, 0.2) is 48.5 Å². The first kappa shape index (κ1) is 20.5. The van der Waals surface area contributed by atoms with Gasteiger partial charge in [-0.3, -0.25) is 9.59 Å². The topological polar surface area (TPSA) is 85.3 Å². The molecule has 1 aliphatic heterocycles. The standard InChI is InChI=1S/C22H25NO6/c1-27-19-3-2-4-20(14-19)29-12-11-28-18-7-5-16(6-8-18)9-10-23-15-17(22(25)26)13-21(23)24/h2-8,14,17H,9-13,15H2,1H3,(H,25,26). The lowest BCUT2D eigenvalue weighted by molar-refractivity contribution is -0.141. The summed E-state index contributed by atoms with van der Waals surface area (Å²) in [5.74, 6) is 0.632. The molecule has 1 atom stereocenters. The van der Waals surface area contributed by atoms with Gasteiger partial charge in [0.15, 0.2) is 0 Å². The van der Waals surface area contributed by atoms with Crippen molar-refractivity contribution < 1.29 is 28.9 Å². The second-order valence-corrected chi connectivity index (χ2v) is 6.85. The van der Waals surface area contributed by atoms with Gasteiger partial charge in [0.05, 0.1) is 13.0 Å². The molecule has 7 heteroatoms. The summed E-state index contributed by atoms with van der Waals surface area (Å²) in [7, 11) is 1.61. The van der Waals surface area contributed by atoms with Crippen LogP contribution >= 0.6 is 0 Å². The zero-order valence-electron chi connectivity index (χ0n) is 16.4. The maximum absolute atomic E-state index is 11.9. The van der Waals surface area contributed by atoms with E-state index in [1.807, 2.05) is 48.5 Å². The number of likely N-dealkylation sites (tertiary alicyclic amines) is 1. The quantitative estimate of drug-likeness (QED) is 0.618. The van der Waals surface area contributed by atoms with Gasteiger partial charge < -0.3 is 24.2 Å². The largest absolute Gasteiger partial charge is 0.497 e. The molecule has 1 N–H and O–H groups in total. The number of carbonyl (C=O) groups excluding carboxylic acids is 1. The van der Waals surface area contributed by atoms with Crippen LogP contribution in [0, 0.1) is 5.92 Å². The lowest BCUT2D eigenvalue weighted by atomic mass is 10.1. The number of hydrogen-bond acceptors (Lipinski definition) is 5. The van der Waals surface area contributed by atoms with E-state index in [1.54, 1.807) is 12.0 Å². The molecular formula is C22H25NO6. The minimum Gasteiger partial charge on any atom is -0.497 e. The molecule has 7 nitrogen and oxygen atoms in total. The summed E-state index contributed by atoms with van der Waals surface area (Å²) in [6.45, 7) is 1.64. The summed E-state index contributed by atoms with van der Waals surface area (Å²) in [5, 5.41) is 9.03. The van der Waals surface area contributed by atoms with Crippen LogP contribution in [0.1, 0.15) is 12.0 Å². The number of ether oxygens (including phenoxy) is 3. The number of aliphatic carboxylic acids is 1. The summed E-state index contributed by atoms with van der Waals surface area (Å²) >= 11 is 0. The molecule has 3 rings (SSSR count). The smallest absolute Gasteiger partial charge is 0.308 e. The molecule has 1 heterocycles. The monoisotopic (exact) mass is 399 g/mol. The maximum atomic E-state index is 11.9. The van der Waals surface area contributed by atoms with Crippen molar-refractivity contribution in [3.8, 4) is 17.2 Å². The van der Waals surface area contributed by atoms with E-state index in [0.29, 0.717) is 32.7 Å². The molecule has 1 saturated heterocycles. The van der Waals surface area contributed by atoms with Crippen LogP contribution in [-0.2, 0) is 16.0 Å². The number of nitrogens with zero attached hydrogens (tertiary/aromatic N) is 1. The third-order valence-corrected chi connectivity index (χ3v) is 4.82. The zero-order valence-corrected chi connectivity index (χ0v) is 16.4. The first-order chi connectivity index (χ1) is 14.0. The number of methoxy groups -OCH3 is 1. The highest BCUT2D eigenvalue weighted by atomic mass is 16.5. The molecule has 2 aromatic carbocycles. The number of amides is 1. The predicted octanol–water partition coefficient (Wildman–Crippen LogP) is 2.63. The van der Waals surface area contributed by atoms with E-state index < -0.39 is 11.9 Å². The second kappa shape index (κ2) is 9.82. The van der Waals surface area contributed by atoms with E-state index in [1.165, 1.54) is 0 Å². The van der Waals surface area contributed by atoms with Crippen LogP contribution in [0.5, 0.6) is 17.2 Å². The van der Waals surface area contributed by atoms with Gasteiger partial charge >= 0.3 is 5.97 Å². The highest BCUT2D eigenvalue weighted by Gasteiger charge is 2.33. The van der Waals surface area contributed by atoms with Gasteiger partial charge in [-0.25, -0.2) is 0 Å². The third kappa shape index (κ3) is 5.88. The van der Waals surface area contributed by atoms with Gasteiger partial charge in [0.2, 0.25) is 5.91 Å². The van der Waals surface area contributed by atoms with Crippen LogP contribution in [0.25, 0.3) is 0 Å². The fraction of sp³-hybridized carbons (Fsp3) is 0.364. The Morgan fingerprint density at radius 2 is 1.76 bits per heavy atom. The molecule has 1 fully saturated rings. The van der Waals surface area contributed by atoms with E-state index in [0.717, 1.165) is 22.8 Å². The molecule has 0 bridgehead atoms. The normalized spacial score (nSPS) is 16.0. The zero-order chi connectivity index (χ0) is 20.6.